The van der Waals surface area contributed by atoms with Crippen molar-refractivity contribution in [2.24, 2.45) is 0 Å². The van der Waals surface area contributed by atoms with Crippen LogP contribution in [0, 0.1) is 22.7 Å². The number of hydrogen-bond donors (Lipinski definition) is 0. The van der Waals surface area contributed by atoms with Crippen molar-refractivity contribution in [2.75, 3.05) is 11.5 Å². The van der Waals surface area contributed by atoms with E-state index in [-0.39, 0.29) is 4.58 Å². The van der Waals surface area contributed by atoms with Gasteiger partial charge in [-0.1, -0.05) is 48.0 Å². The fourth-order valence-electron chi connectivity index (χ4n) is 2.85. The Kier molecular flexibility index (Phi) is 8.66. The molecule has 0 unspecified atom stereocenters. The van der Waals surface area contributed by atoms with E-state index in [1.807, 2.05) is 42.5 Å². The molecule has 3 rings (SSSR count). The van der Waals surface area contributed by atoms with Crippen molar-refractivity contribution in [1.82, 2.24) is 4.98 Å². The lowest BCUT2D eigenvalue weighted by Crippen LogP contribution is -1.94. The molecule has 0 aliphatic carbocycles. The molecule has 0 bridgehead atoms. The van der Waals surface area contributed by atoms with Gasteiger partial charge in [0.1, 0.15) is 0 Å². The maximum absolute atomic E-state index is 8.83. The predicted molar refractivity (Wildman–Crippen MR) is 130 cm³/mol. The highest BCUT2D eigenvalue weighted by Crippen LogP contribution is 2.40. The van der Waals surface area contributed by atoms with E-state index in [4.69, 9.17) is 22.1 Å². The Labute approximate surface area is 190 Å². The Morgan fingerprint density at radius 3 is 2.40 bits per heavy atom. The average Bonchev–Trinajstić information content (AvgIpc) is 2.76. The Balaban J connectivity index is 1.77. The summed E-state index contributed by atoms with van der Waals surface area (Å²) in [5.74, 6) is 1.56. The topological polar surface area (TPSA) is 60.5 Å². The van der Waals surface area contributed by atoms with Gasteiger partial charge in [0.15, 0.2) is 0 Å². The maximum Gasteiger partial charge on any atom is 0.0752 e. The van der Waals surface area contributed by atoms with Crippen LogP contribution in [-0.4, -0.2) is 16.5 Å². The number of nitriles is 2. The third-order valence-corrected chi connectivity index (χ3v) is 7.35. The van der Waals surface area contributed by atoms with Gasteiger partial charge in [0, 0.05) is 34.8 Å². The largest absolute Gasteiger partial charge is 0.248 e. The number of thioether (sulfide) groups is 2. The summed E-state index contributed by atoms with van der Waals surface area (Å²) in [6, 6.07) is 22.5. The second kappa shape index (κ2) is 11.7. The van der Waals surface area contributed by atoms with Gasteiger partial charge in [0.25, 0.3) is 0 Å². The molecule has 1 heterocycles. The standard InChI is InChI=1S/C24H20ClN3S2/c25-21-9-7-19-8-11-22(28-23(19)17-21)10-6-18-4-1-5-20(16-18)24(29-14-2-12-26)30-15-3-13-27/h1,4-11,16-17,24H,2-3,14-15H2/b10-6+. The number of benzene rings is 2. The van der Waals surface area contributed by atoms with Gasteiger partial charge in [-0.2, -0.15) is 10.5 Å². The first-order valence-electron chi connectivity index (χ1n) is 9.51. The van der Waals surface area contributed by atoms with Crippen molar-refractivity contribution in [3.63, 3.8) is 0 Å². The zero-order valence-electron chi connectivity index (χ0n) is 16.3. The highest BCUT2D eigenvalue weighted by molar-refractivity contribution is 8.16. The summed E-state index contributed by atoms with van der Waals surface area (Å²) in [4.78, 5) is 4.67. The van der Waals surface area contributed by atoms with E-state index < -0.39 is 0 Å². The van der Waals surface area contributed by atoms with Gasteiger partial charge in [-0.3, -0.25) is 0 Å². The molecule has 3 aromatic rings. The number of aromatic nitrogens is 1. The van der Waals surface area contributed by atoms with Crippen LogP contribution in [0.4, 0.5) is 0 Å². The lowest BCUT2D eigenvalue weighted by Gasteiger charge is -2.16. The minimum Gasteiger partial charge on any atom is -0.248 e. The van der Waals surface area contributed by atoms with E-state index in [0.717, 1.165) is 33.7 Å². The Hall–Kier alpha value is -2.44. The predicted octanol–water partition coefficient (Wildman–Crippen LogP) is 7.35. The monoisotopic (exact) mass is 449 g/mol. The lowest BCUT2D eigenvalue weighted by molar-refractivity contribution is 1.21. The smallest absolute Gasteiger partial charge is 0.0752 e. The van der Waals surface area contributed by atoms with E-state index in [1.54, 1.807) is 23.5 Å². The Morgan fingerprint density at radius 2 is 1.67 bits per heavy atom. The average molecular weight is 450 g/mol. The van der Waals surface area contributed by atoms with Gasteiger partial charge in [-0.05, 0) is 41.5 Å². The van der Waals surface area contributed by atoms with Gasteiger partial charge < -0.3 is 0 Å². The highest BCUT2D eigenvalue weighted by Gasteiger charge is 2.12. The number of fused-ring (bicyclic) bond motifs is 1. The fraction of sp³-hybridized carbons (Fsp3) is 0.208. The quantitative estimate of drug-likeness (QED) is 0.252. The van der Waals surface area contributed by atoms with E-state index in [2.05, 4.69) is 41.4 Å². The zero-order valence-corrected chi connectivity index (χ0v) is 18.7. The van der Waals surface area contributed by atoms with Crippen LogP contribution in [0.2, 0.25) is 5.02 Å². The van der Waals surface area contributed by atoms with Crippen LogP contribution in [0.15, 0.2) is 54.6 Å². The lowest BCUT2D eigenvalue weighted by atomic mass is 10.1. The molecule has 0 aliphatic rings. The minimum atomic E-state index is 0.209. The molecule has 30 heavy (non-hydrogen) atoms. The molecule has 0 saturated heterocycles. The molecule has 0 N–H and O–H groups in total. The molecule has 3 nitrogen and oxygen atoms in total. The molecule has 150 valence electrons. The first kappa shape index (κ1) is 22.2. The molecular formula is C24H20ClN3S2. The minimum absolute atomic E-state index is 0.209. The normalized spacial score (nSPS) is 11.1. The molecule has 0 spiro atoms. The van der Waals surface area contributed by atoms with Crippen LogP contribution in [0.25, 0.3) is 23.1 Å². The van der Waals surface area contributed by atoms with Crippen LogP contribution >= 0.6 is 35.1 Å². The summed E-state index contributed by atoms with van der Waals surface area (Å²) in [5.41, 5.74) is 4.04. The Bertz CT molecular complexity index is 1100. The van der Waals surface area contributed by atoms with E-state index >= 15 is 0 Å². The van der Waals surface area contributed by atoms with E-state index in [1.165, 1.54) is 5.56 Å². The number of hydrogen-bond acceptors (Lipinski definition) is 5. The molecule has 0 saturated carbocycles. The van der Waals surface area contributed by atoms with Gasteiger partial charge >= 0.3 is 0 Å². The molecule has 0 fully saturated rings. The number of nitrogens with zero attached hydrogens (tertiary/aromatic N) is 3. The maximum atomic E-state index is 8.83. The molecule has 0 atom stereocenters. The van der Waals surface area contributed by atoms with E-state index in [9.17, 15) is 0 Å². The van der Waals surface area contributed by atoms with Crippen molar-refractivity contribution < 1.29 is 0 Å². The SMILES string of the molecule is N#CCCSC(SCCC#N)c1cccc(/C=C/c2ccc3ccc(Cl)cc3n2)c1. The second-order valence-corrected chi connectivity index (χ2v) is 9.63. The molecule has 0 radical (unpaired) electrons. The van der Waals surface area contributed by atoms with Crippen LogP contribution in [0.5, 0.6) is 0 Å². The molecule has 0 aliphatic heterocycles. The molecule has 6 heteroatoms. The molecule has 1 aromatic heterocycles. The fourth-order valence-corrected chi connectivity index (χ4v) is 5.51. The summed E-state index contributed by atoms with van der Waals surface area (Å²) in [6.45, 7) is 0. The van der Waals surface area contributed by atoms with E-state index in [0.29, 0.717) is 17.9 Å². The molecule has 0 amide bonds. The molecule has 2 aromatic carbocycles. The van der Waals surface area contributed by atoms with Gasteiger partial charge in [0.05, 0.1) is 27.9 Å². The van der Waals surface area contributed by atoms with Crippen molar-refractivity contribution in [3.05, 3.63) is 76.4 Å². The summed E-state index contributed by atoms with van der Waals surface area (Å²) < 4.78 is 0.209. The van der Waals surface area contributed by atoms with Crippen LogP contribution < -0.4 is 0 Å². The van der Waals surface area contributed by atoms with Crippen molar-refractivity contribution in [1.29, 1.82) is 10.5 Å². The first-order valence-corrected chi connectivity index (χ1v) is 12.0. The third kappa shape index (κ3) is 6.54. The summed E-state index contributed by atoms with van der Waals surface area (Å²) >= 11 is 9.60. The van der Waals surface area contributed by atoms with Gasteiger partial charge in [-0.25, -0.2) is 4.98 Å². The first-order chi connectivity index (χ1) is 14.7. The second-order valence-electron chi connectivity index (χ2n) is 6.47. The zero-order chi connectivity index (χ0) is 21.2. The van der Waals surface area contributed by atoms with Crippen LogP contribution in [-0.2, 0) is 0 Å². The summed E-state index contributed by atoms with van der Waals surface area (Å²) in [6.07, 6.45) is 5.10. The summed E-state index contributed by atoms with van der Waals surface area (Å²) in [7, 11) is 0. The van der Waals surface area contributed by atoms with Crippen LogP contribution in [0.3, 0.4) is 0 Å². The van der Waals surface area contributed by atoms with Crippen molar-refractivity contribution in [2.45, 2.75) is 17.4 Å². The van der Waals surface area contributed by atoms with Crippen molar-refractivity contribution in [3.8, 4) is 12.1 Å². The molecular weight excluding hydrogens is 430 g/mol. The third-order valence-electron chi connectivity index (χ3n) is 4.27. The Morgan fingerprint density at radius 1 is 0.933 bits per heavy atom. The highest BCUT2D eigenvalue weighted by atomic mass is 35.5. The van der Waals surface area contributed by atoms with Gasteiger partial charge in [-0.15, -0.1) is 23.5 Å². The summed E-state index contributed by atoms with van der Waals surface area (Å²) in [5, 5.41) is 19.4. The number of rotatable bonds is 9. The van der Waals surface area contributed by atoms with Gasteiger partial charge in [0.2, 0.25) is 0 Å². The number of pyridine rings is 1. The number of halogens is 1. The van der Waals surface area contributed by atoms with Crippen LogP contribution in [0.1, 0.15) is 34.2 Å². The van der Waals surface area contributed by atoms with Crippen molar-refractivity contribution >= 4 is 58.2 Å².